The molecule has 2 N–H and O–H groups in total. The molecule has 2 aromatic rings. The molecule has 0 bridgehead atoms. The first kappa shape index (κ1) is 12.3. The largest absolute Gasteiger partial charge is 0.394 e. The quantitative estimate of drug-likeness (QED) is 0.474. The molecule has 0 radical (unpaired) electrons. The molecule has 0 fully saturated rings. The number of aromatic nitrogens is 2. The van der Waals surface area contributed by atoms with E-state index in [1.54, 1.807) is 11.6 Å². The summed E-state index contributed by atoms with van der Waals surface area (Å²) in [4.78, 5) is 15.1. The van der Waals surface area contributed by atoms with E-state index in [1.165, 1.54) is 15.7 Å². The third kappa shape index (κ3) is 2.41. The average Bonchev–Trinajstić information content (AvgIpc) is 2.84. The van der Waals surface area contributed by atoms with E-state index in [0.29, 0.717) is 4.96 Å². The van der Waals surface area contributed by atoms with E-state index < -0.39 is 11.0 Å². The van der Waals surface area contributed by atoms with Crippen LogP contribution in [0.5, 0.6) is 0 Å². The molecule has 0 saturated carbocycles. The summed E-state index contributed by atoms with van der Waals surface area (Å²) in [5.41, 5.74) is 0. The zero-order valence-corrected chi connectivity index (χ0v) is 10.1. The lowest BCUT2D eigenvalue weighted by molar-refractivity contribution is -0.393. The Morgan fingerprint density at radius 2 is 2.47 bits per heavy atom. The smallest absolute Gasteiger partial charge is 0.362 e. The van der Waals surface area contributed by atoms with Gasteiger partial charge in [0.1, 0.15) is 6.20 Å². The molecule has 0 aliphatic carbocycles. The minimum atomic E-state index is -0.903. The van der Waals surface area contributed by atoms with Gasteiger partial charge in [-0.3, -0.25) is 0 Å². The Balaban J connectivity index is 2.29. The van der Waals surface area contributed by atoms with E-state index in [-0.39, 0.29) is 23.2 Å². The van der Waals surface area contributed by atoms with E-state index in [9.17, 15) is 15.2 Å². The molecule has 1 atom stereocenters. The number of rotatable bonds is 5. The number of aliphatic hydroxyl groups is 2. The van der Waals surface area contributed by atoms with Crippen LogP contribution in [0.1, 0.15) is 0 Å². The van der Waals surface area contributed by atoms with Crippen molar-refractivity contribution in [3.8, 4) is 0 Å². The zero-order chi connectivity index (χ0) is 12.4. The van der Waals surface area contributed by atoms with Crippen molar-refractivity contribution in [3.63, 3.8) is 0 Å². The zero-order valence-electron chi connectivity index (χ0n) is 8.52. The van der Waals surface area contributed by atoms with Gasteiger partial charge in [0, 0.05) is 11.1 Å². The summed E-state index contributed by atoms with van der Waals surface area (Å²) in [7, 11) is 0. The van der Waals surface area contributed by atoms with Crippen LogP contribution < -0.4 is 0 Å². The molecule has 0 saturated heterocycles. The summed E-state index contributed by atoms with van der Waals surface area (Å²) >= 11 is 2.36. The van der Waals surface area contributed by atoms with Crippen LogP contribution >= 0.6 is 23.1 Å². The van der Waals surface area contributed by atoms with Crippen LogP contribution in [0.4, 0.5) is 5.82 Å². The van der Waals surface area contributed by atoms with Gasteiger partial charge in [0.15, 0.2) is 5.03 Å². The molecule has 1 unspecified atom stereocenters. The predicted molar refractivity (Wildman–Crippen MR) is 63.5 cm³/mol. The Kier molecular flexibility index (Phi) is 3.62. The minimum absolute atomic E-state index is 0.101. The molecule has 7 nitrogen and oxygen atoms in total. The van der Waals surface area contributed by atoms with Gasteiger partial charge in [0.2, 0.25) is 0 Å². The topological polar surface area (TPSA) is 101 Å². The number of hydrogen-bond donors (Lipinski definition) is 2. The molecular formula is C8H9N3O4S2. The maximum atomic E-state index is 10.9. The van der Waals surface area contributed by atoms with Crippen LogP contribution in [-0.2, 0) is 0 Å². The Bertz CT molecular complexity index is 538. The number of fused-ring (bicyclic) bond motifs is 1. The maximum Gasteiger partial charge on any atom is 0.362 e. The van der Waals surface area contributed by atoms with Gasteiger partial charge in [0.05, 0.1) is 12.7 Å². The molecule has 0 spiro atoms. The monoisotopic (exact) mass is 275 g/mol. The summed E-state index contributed by atoms with van der Waals surface area (Å²) in [6.45, 7) is -0.372. The second kappa shape index (κ2) is 5.00. The van der Waals surface area contributed by atoms with Crippen molar-refractivity contribution >= 4 is 33.9 Å². The van der Waals surface area contributed by atoms with E-state index in [0.717, 1.165) is 11.8 Å². The van der Waals surface area contributed by atoms with E-state index >= 15 is 0 Å². The molecule has 17 heavy (non-hydrogen) atoms. The molecule has 2 aromatic heterocycles. The molecule has 0 aromatic carbocycles. The highest BCUT2D eigenvalue weighted by atomic mass is 32.2. The normalized spacial score (nSPS) is 13.1. The summed E-state index contributed by atoms with van der Waals surface area (Å²) in [6.07, 6.45) is 0.678. The van der Waals surface area contributed by atoms with Crippen LogP contribution in [0.25, 0.3) is 4.96 Å². The number of nitrogens with zero attached hydrogens (tertiary/aromatic N) is 3. The molecule has 92 valence electrons. The Hall–Kier alpha value is -1.16. The number of nitro groups is 1. The maximum absolute atomic E-state index is 10.9. The molecule has 2 rings (SSSR count). The molecular weight excluding hydrogens is 266 g/mol. The minimum Gasteiger partial charge on any atom is -0.394 e. The second-order valence-electron chi connectivity index (χ2n) is 3.20. The number of thiazole rings is 1. The number of hydrogen-bond acceptors (Lipinski definition) is 7. The van der Waals surface area contributed by atoms with Crippen LogP contribution in [0.15, 0.2) is 16.6 Å². The van der Waals surface area contributed by atoms with Gasteiger partial charge in [-0.1, -0.05) is 23.1 Å². The highest BCUT2D eigenvalue weighted by Crippen LogP contribution is 2.31. The van der Waals surface area contributed by atoms with Gasteiger partial charge in [-0.15, -0.1) is 0 Å². The highest BCUT2D eigenvalue weighted by Gasteiger charge is 2.24. The standard InChI is InChI=1S/C8H9N3O4S2/c12-3-5(13)4-17-6-7(11(14)15)10-1-2-16-8(10)9-6/h1-2,5,12-13H,3-4H2. The van der Waals surface area contributed by atoms with Crippen molar-refractivity contribution in [3.05, 3.63) is 21.7 Å². The van der Waals surface area contributed by atoms with E-state index in [2.05, 4.69) is 4.98 Å². The number of aliphatic hydroxyl groups excluding tert-OH is 2. The van der Waals surface area contributed by atoms with Crippen molar-refractivity contribution in [2.45, 2.75) is 11.1 Å². The first-order valence-electron chi connectivity index (χ1n) is 4.65. The fraction of sp³-hybridized carbons (Fsp3) is 0.375. The third-order valence-electron chi connectivity index (χ3n) is 2.00. The summed E-state index contributed by atoms with van der Waals surface area (Å²) in [5.74, 6) is 0.0683. The van der Waals surface area contributed by atoms with Crippen LogP contribution in [0.3, 0.4) is 0 Å². The SMILES string of the molecule is O=[N+]([O-])c1c(SCC(O)CO)nc2sccn12. The number of imidazole rings is 1. The van der Waals surface area contributed by atoms with Crippen molar-refractivity contribution in [1.82, 2.24) is 9.38 Å². The molecule has 2 heterocycles. The fourth-order valence-electron chi connectivity index (χ4n) is 1.24. The average molecular weight is 275 g/mol. The summed E-state index contributed by atoms with van der Waals surface area (Å²) in [6, 6.07) is 0. The Labute approximate surface area is 104 Å². The molecule has 0 amide bonds. The first-order valence-corrected chi connectivity index (χ1v) is 6.51. The van der Waals surface area contributed by atoms with Gasteiger partial charge < -0.3 is 20.3 Å². The van der Waals surface area contributed by atoms with Crippen molar-refractivity contribution in [2.24, 2.45) is 0 Å². The van der Waals surface area contributed by atoms with Crippen molar-refractivity contribution in [2.75, 3.05) is 12.4 Å². The molecule has 0 aliphatic rings. The van der Waals surface area contributed by atoms with E-state index in [4.69, 9.17) is 5.11 Å². The fourth-order valence-corrected chi connectivity index (χ4v) is 2.92. The van der Waals surface area contributed by atoms with E-state index in [1.807, 2.05) is 0 Å². The Morgan fingerprint density at radius 3 is 3.12 bits per heavy atom. The summed E-state index contributed by atoms with van der Waals surface area (Å²) < 4.78 is 1.40. The lowest BCUT2D eigenvalue weighted by atomic mass is 10.4. The van der Waals surface area contributed by atoms with Gasteiger partial charge >= 0.3 is 5.82 Å². The van der Waals surface area contributed by atoms with Crippen LogP contribution in [0, 0.1) is 10.1 Å². The van der Waals surface area contributed by atoms with Crippen molar-refractivity contribution < 1.29 is 15.1 Å². The van der Waals surface area contributed by atoms with Gasteiger partial charge in [-0.25, -0.2) is 0 Å². The highest BCUT2D eigenvalue weighted by molar-refractivity contribution is 7.99. The lowest BCUT2D eigenvalue weighted by Crippen LogP contribution is -2.14. The second-order valence-corrected chi connectivity index (χ2v) is 5.08. The summed E-state index contributed by atoms with van der Waals surface area (Å²) in [5, 5.41) is 30.8. The van der Waals surface area contributed by atoms with Crippen LogP contribution in [0.2, 0.25) is 0 Å². The Morgan fingerprint density at radius 1 is 1.71 bits per heavy atom. The van der Waals surface area contributed by atoms with Crippen LogP contribution in [-0.4, -0.2) is 43.0 Å². The molecule has 9 heteroatoms. The number of thioether (sulfide) groups is 1. The lowest BCUT2D eigenvalue weighted by Gasteiger charge is -2.03. The molecule has 0 aliphatic heterocycles. The third-order valence-corrected chi connectivity index (χ3v) is 3.86. The van der Waals surface area contributed by atoms with Gasteiger partial charge in [0.25, 0.3) is 4.96 Å². The van der Waals surface area contributed by atoms with Gasteiger partial charge in [-0.05, 0) is 4.92 Å². The predicted octanol–water partition coefficient (Wildman–Crippen LogP) is 0.749. The van der Waals surface area contributed by atoms with Crippen molar-refractivity contribution in [1.29, 1.82) is 0 Å². The van der Waals surface area contributed by atoms with Gasteiger partial charge in [-0.2, -0.15) is 9.38 Å². The first-order chi connectivity index (χ1) is 8.13.